The van der Waals surface area contributed by atoms with E-state index < -0.39 is 0 Å². The molecule has 160 valence electrons. The Hall–Kier alpha value is -2.54. The Balaban J connectivity index is 1.88. The van der Waals surface area contributed by atoms with Crippen LogP contribution in [0.2, 0.25) is 0 Å². The van der Waals surface area contributed by atoms with E-state index >= 15 is 0 Å². The molecular formula is C22H36N6O. The predicted molar refractivity (Wildman–Crippen MR) is 119 cm³/mol. The molecule has 0 saturated heterocycles. The van der Waals surface area contributed by atoms with Crippen molar-refractivity contribution in [3.8, 4) is 5.75 Å². The Morgan fingerprint density at radius 2 is 1.90 bits per heavy atom. The van der Waals surface area contributed by atoms with Crippen molar-refractivity contribution in [3.05, 3.63) is 46.8 Å². The van der Waals surface area contributed by atoms with E-state index in [1.807, 2.05) is 30.8 Å². The first kappa shape index (κ1) is 22.7. The Kier molecular flexibility index (Phi) is 8.99. The number of hydrogen-bond acceptors (Lipinski definition) is 4. The minimum absolute atomic E-state index is 0.612. The minimum Gasteiger partial charge on any atom is -0.494 e. The van der Waals surface area contributed by atoms with E-state index in [4.69, 9.17) is 9.73 Å². The molecule has 0 amide bonds. The van der Waals surface area contributed by atoms with Crippen molar-refractivity contribution in [3.63, 3.8) is 0 Å². The number of rotatable bonds is 10. The zero-order valence-electron chi connectivity index (χ0n) is 18.7. The first-order valence-corrected chi connectivity index (χ1v) is 10.3. The van der Waals surface area contributed by atoms with E-state index in [2.05, 4.69) is 60.7 Å². The molecule has 1 heterocycles. The van der Waals surface area contributed by atoms with Gasteiger partial charge in [0.15, 0.2) is 5.96 Å². The van der Waals surface area contributed by atoms with Gasteiger partial charge in [-0.15, -0.1) is 0 Å². The summed E-state index contributed by atoms with van der Waals surface area (Å²) < 4.78 is 7.71. The normalized spacial score (nSPS) is 11.8. The van der Waals surface area contributed by atoms with Gasteiger partial charge in [0.1, 0.15) is 5.75 Å². The average Bonchev–Trinajstić information content (AvgIpc) is 2.93. The molecule has 0 spiro atoms. The number of guanidine groups is 1. The highest BCUT2D eigenvalue weighted by molar-refractivity contribution is 5.79. The summed E-state index contributed by atoms with van der Waals surface area (Å²) in [6.45, 7) is 10.1. The fourth-order valence-electron chi connectivity index (χ4n) is 3.02. The second-order valence-electron chi connectivity index (χ2n) is 7.47. The largest absolute Gasteiger partial charge is 0.494 e. The summed E-state index contributed by atoms with van der Waals surface area (Å²) >= 11 is 0. The van der Waals surface area contributed by atoms with Gasteiger partial charge in [-0.25, -0.2) is 4.99 Å². The van der Waals surface area contributed by atoms with Crippen LogP contribution in [-0.2, 0) is 20.1 Å². The highest BCUT2D eigenvalue weighted by Crippen LogP contribution is 2.14. The van der Waals surface area contributed by atoms with Gasteiger partial charge in [0.05, 0.1) is 18.8 Å². The number of nitrogens with one attached hydrogen (secondary N) is 2. The lowest BCUT2D eigenvalue weighted by Gasteiger charge is -2.12. The van der Waals surface area contributed by atoms with Gasteiger partial charge in [-0.1, -0.05) is 12.1 Å². The zero-order chi connectivity index (χ0) is 21.2. The van der Waals surface area contributed by atoms with Crippen LogP contribution >= 0.6 is 0 Å². The molecule has 2 rings (SSSR count). The highest BCUT2D eigenvalue weighted by atomic mass is 16.5. The molecule has 1 aromatic heterocycles. The summed E-state index contributed by atoms with van der Waals surface area (Å²) in [5, 5.41) is 11.2. The Morgan fingerprint density at radius 1 is 1.17 bits per heavy atom. The van der Waals surface area contributed by atoms with Crippen LogP contribution in [0, 0.1) is 13.8 Å². The number of aryl methyl sites for hydroxylation is 2. The summed E-state index contributed by atoms with van der Waals surface area (Å²) in [5.74, 6) is 1.71. The van der Waals surface area contributed by atoms with Gasteiger partial charge in [0, 0.05) is 37.9 Å². The fraction of sp³-hybridized carbons (Fsp3) is 0.545. The maximum absolute atomic E-state index is 5.79. The molecule has 0 radical (unpaired) electrons. The van der Waals surface area contributed by atoms with E-state index in [1.54, 1.807) is 0 Å². The monoisotopic (exact) mass is 400 g/mol. The molecular weight excluding hydrogens is 364 g/mol. The molecule has 1 aromatic carbocycles. The predicted octanol–water partition coefficient (Wildman–Crippen LogP) is 2.62. The van der Waals surface area contributed by atoms with Crippen LogP contribution in [0.1, 0.15) is 35.9 Å². The fourth-order valence-corrected chi connectivity index (χ4v) is 3.02. The van der Waals surface area contributed by atoms with Crippen molar-refractivity contribution in [2.75, 3.05) is 33.8 Å². The van der Waals surface area contributed by atoms with Gasteiger partial charge in [0.2, 0.25) is 0 Å². The zero-order valence-corrected chi connectivity index (χ0v) is 18.7. The van der Waals surface area contributed by atoms with Crippen LogP contribution in [0.3, 0.4) is 0 Å². The van der Waals surface area contributed by atoms with Crippen LogP contribution < -0.4 is 15.4 Å². The number of nitrogens with zero attached hydrogens (tertiary/aromatic N) is 4. The van der Waals surface area contributed by atoms with Gasteiger partial charge in [-0.05, 0) is 59.0 Å². The lowest BCUT2D eigenvalue weighted by Crippen LogP contribution is -2.37. The Bertz CT molecular complexity index is 779. The molecule has 29 heavy (non-hydrogen) atoms. The topological polar surface area (TPSA) is 66.7 Å². The first-order valence-electron chi connectivity index (χ1n) is 10.3. The average molecular weight is 401 g/mol. The van der Waals surface area contributed by atoms with Crippen LogP contribution in [0.15, 0.2) is 29.3 Å². The third-order valence-electron chi connectivity index (χ3n) is 4.80. The maximum Gasteiger partial charge on any atom is 0.191 e. The summed E-state index contributed by atoms with van der Waals surface area (Å²) in [6, 6.07) is 8.18. The van der Waals surface area contributed by atoms with E-state index in [1.165, 1.54) is 11.3 Å². The molecule has 0 saturated carbocycles. The van der Waals surface area contributed by atoms with Crippen LogP contribution in [0.4, 0.5) is 0 Å². The summed E-state index contributed by atoms with van der Waals surface area (Å²) in [4.78, 5) is 6.87. The van der Waals surface area contributed by atoms with E-state index in [9.17, 15) is 0 Å². The van der Waals surface area contributed by atoms with Crippen LogP contribution in [0.25, 0.3) is 0 Å². The lowest BCUT2D eigenvalue weighted by molar-refractivity contribution is 0.281. The standard InChI is InChI=1S/C22H36N6O/c1-7-23-22(25-16-21-17(2)26-28(6)18(21)3)24-15-19-9-11-20(12-10-19)29-14-8-13-27(4)5/h9-12H,7-8,13-16H2,1-6H3,(H2,23,24,25). The number of benzene rings is 1. The molecule has 2 aromatic rings. The molecule has 2 N–H and O–H groups in total. The van der Waals surface area contributed by atoms with Crippen molar-refractivity contribution in [2.45, 2.75) is 40.3 Å². The second kappa shape index (κ2) is 11.5. The van der Waals surface area contributed by atoms with Crippen LogP contribution in [0.5, 0.6) is 5.75 Å². The first-order chi connectivity index (χ1) is 13.9. The van der Waals surface area contributed by atoms with E-state index in [0.29, 0.717) is 13.1 Å². The third-order valence-corrected chi connectivity index (χ3v) is 4.80. The Morgan fingerprint density at radius 3 is 2.48 bits per heavy atom. The number of ether oxygens (including phenoxy) is 1. The van der Waals surface area contributed by atoms with Gasteiger partial charge in [0.25, 0.3) is 0 Å². The van der Waals surface area contributed by atoms with Gasteiger partial charge >= 0.3 is 0 Å². The molecule has 0 aliphatic rings. The van der Waals surface area contributed by atoms with Crippen molar-refractivity contribution >= 4 is 5.96 Å². The van der Waals surface area contributed by atoms with E-state index in [0.717, 1.165) is 49.1 Å². The molecule has 0 fully saturated rings. The maximum atomic E-state index is 5.79. The number of aliphatic imine (C=N–C) groups is 1. The summed E-state index contributed by atoms with van der Waals surface area (Å²) in [7, 11) is 6.12. The van der Waals surface area contributed by atoms with Gasteiger partial charge < -0.3 is 20.3 Å². The van der Waals surface area contributed by atoms with Crippen molar-refractivity contribution < 1.29 is 4.74 Å². The highest BCUT2D eigenvalue weighted by Gasteiger charge is 2.09. The smallest absolute Gasteiger partial charge is 0.191 e. The number of aromatic nitrogens is 2. The third kappa shape index (κ3) is 7.42. The van der Waals surface area contributed by atoms with E-state index in [-0.39, 0.29) is 0 Å². The van der Waals surface area contributed by atoms with Crippen molar-refractivity contribution in [1.82, 2.24) is 25.3 Å². The summed E-state index contributed by atoms with van der Waals surface area (Å²) in [5.41, 5.74) is 4.59. The molecule has 0 unspecified atom stereocenters. The van der Waals surface area contributed by atoms with Crippen molar-refractivity contribution in [1.29, 1.82) is 0 Å². The molecule has 0 bridgehead atoms. The van der Waals surface area contributed by atoms with Crippen LogP contribution in [-0.4, -0.2) is 54.4 Å². The molecule has 7 nitrogen and oxygen atoms in total. The quantitative estimate of drug-likeness (QED) is 0.365. The van der Waals surface area contributed by atoms with Crippen molar-refractivity contribution in [2.24, 2.45) is 12.0 Å². The Labute approximate surface area is 175 Å². The lowest BCUT2D eigenvalue weighted by atomic mass is 10.2. The van der Waals surface area contributed by atoms with Gasteiger partial charge in [-0.3, -0.25) is 4.68 Å². The molecule has 7 heteroatoms. The SMILES string of the molecule is CCNC(=NCc1ccc(OCCCN(C)C)cc1)NCc1c(C)nn(C)c1C. The minimum atomic E-state index is 0.612. The molecule has 0 atom stereocenters. The molecule has 0 aliphatic carbocycles. The number of hydrogen-bond donors (Lipinski definition) is 2. The second-order valence-corrected chi connectivity index (χ2v) is 7.47. The van der Waals surface area contributed by atoms with Gasteiger partial charge in [-0.2, -0.15) is 5.10 Å². The summed E-state index contributed by atoms with van der Waals surface area (Å²) in [6.07, 6.45) is 1.02. The molecule has 0 aliphatic heterocycles.